The van der Waals surface area contributed by atoms with Crippen LogP contribution in [-0.4, -0.2) is 24.7 Å². The van der Waals surface area contributed by atoms with Gasteiger partial charge in [0.15, 0.2) is 0 Å². The molecule has 6 nitrogen and oxygen atoms in total. The van der Waals surface area contributed by atoms with Gasteiger partial charge in [0.25, 0.3) is 5.69 Å². The lowest BCUT2D eigenvalue weighted by Crippen LogP contribution is -2.30. The molecule has 0 aliphatic rings. The second-order valence-electron chi connectivity index (χ2n) is 4.97. The zero-order chi connectivity index (χ0) is 17.2. The zero-order valence-electron chi connectivity index (χ0n) is 12.5. The van der Waals surface area contributed by atoms with Gasteiger partial charge in [-0.2, -0.15) is 4.31 Å². The lowest BCUT2D eigenvalue weighted by Gasteiger charge is -2.25. The molecule has 0 spiro atoms. The number of non-ortho nitro benzene ring substituents is 1. The first-order valence-corrected chi connectivity index (χ1v) is 8.54. The summed E-state index contributed by atoms with van der Waals surface area (Å²) in [5, 5.41) is 11.3. The molecule has 0 heterocycles. The van der Waals surface area contributed by atoms with Crippen LogP contribution in [0.5, 0.6) is 0 Å². The van der Waals surface area contributed by atoms with E-state index in [9.17, 15) is 18.5 Å². The van der Waals surface area contributed by atoms with Crippen molar-refractivity contribution in [2.75, 3.05) is 7.05 Å². The molecule has 0 aromatic heterocycles. The van der Waals surface area contributed by atoms with Gasteiger partial charge in [0, 0.05) is 30.2 Å². The smallest absolute Gasteiger partial charge is 0.258 e. The van der Waals surface area contributed by atoms with E-state index < -0.39 is 21.0 Å². The molecule has 2 aromatic carbocycles. The third-order valence-electron chi connectivity index (χ3n) is 3.61. The molecule has 2 aromatic rings. The molecule has 0 radical (unpaired) electrons. The molecule has 1 unspecified atom stereocenters. The molecule has 122 valence electrons. The number of sulfonamides is 1. The number of nitro groups is 1. The Kier molecular flexibility index (Phi) is 5.03. The van der Waals surface area contributed by atoms with Crippen molar-refractivity contribution in [1.82, 2.24) is 4.31 Å². The average Bonchev–Trinajstić information content (AvgIpc) is 2.54. The molecule has 0 saturated carbocycles. The van der Waals surface area contributed by atoms with Crippen molar-refractivity contribution in [2.24, 2.45) is 0 Å². The van der Waals surface area contributed by atoms with Crippen LogP contribution in [0.3, 0.4) is 0 Å². The topological polar surface area (TPSA) is 80.5 Å². The molecule has 23 heavy (non-hydrogen) atoms. The molecule has 0 saturated heterocycles. The Bertz CT molecular complexity index is 839. The second-order valence-corrected chi connectivity index (χ2v) is 7.38. The second kappa shape index (κ2) is 6.66. The number of hydrogen-bond acceptors (Lipinski definition) is 4. The van der Waals surface area contributed by atoms with E-state index >= 15 is 0 Å². The Morgan fingerprint density at radius 1 is 1.17 bits per heavy atom. The van der Waals surface area contributed by atoms with Gasteiger partial charge in [0.05, 0.1) is 9.82 Å². The van der Waals surface area contributed by atoms with Gasteiger partial charge in [-0.3, -0.25) is 10.1 Å². The number of rotatable bonds is 5. The molecule has 8 heteroatoms. The summed E-state index contributed by atoms with van der Waals surface area (Å²) in [5.74, 6) is 0. The summed E-state index contributed by atoms with van der Waals surface area (Å²) >= 11 is 6.12. The van der Waals surface area contributed by atoms with E-state index in [2.05, 4.69) is 0 Å². The largest absolute Gasteiger partial charge is 0.270 e. The molecule has 2 rings (SSSR count). The van der Waals surface area contributed by atoms with Crippen molar-refractivity contribution in [1.29, 1.82) is 0 Å². The maximum Gasteiger partial charge on any atom is 0.270 e. The van der Waals surface area contributed by atoms with Gasteiger partial charge >= 0.3 is 0 Å². The van der Waals surface area contributed by atoms with Gasteiger partial charge in [-0.1, -0.05) is 35.9 Å². The van der Waals surface area contributed by atoms with Crippen LogP contribution in [0.25, 0.3) is 0 Å². The molecule has 0 N–H and O–H groups in total. The Balaban J connectivity index is 2.41. The summed E-state index contributed by atoms with van der Waals surface area (Å²) < 4.78 is 26.5. The number of nitrogens with zero attached hydrogens (tertiary/aromatic N) is 2. The molecule has 0 bridgehead atoms. The van der Waals surface area contributed by atoms with Crippen molar-refractivity contribution in [3.63, 3.8) is 0 Å². The summed E-state index contributed by atoms with van der Waals surface area (Å²) in [7, 11) is -2.47. The van der Waals surface area contributed by atoms with Crippen molar-refractivity contribution >= 4 is 27.3 Å². The van der Waals surface area contributed by atoms with E-state index in [-0.39, 0.29) is 10.6 Å². The van der Waals surface area contributed by atoms with Gasteiger partial charge in [0.2, 0.25) is 10.0 Å². The Morgan fingerprint density at radius 2 is 1.83 bits per heavy atom. The minimum Gasteiger partial charge on any atom is -0.258 e. The summed E-state index contributed by atoms with van der Waals surface area (Å²) in [6, 6.07) is 11.4. The predicted octanol–water partition coefficient (Wildman–Crippen LogP) is 3.63. The van der Waals surface area contributed by atoms with Crippen LogP contribution in [0, 0.1) is 10.1 Å². The van der Waals surface area contributed by atoms with E-state index in [1.165, 1.54) is 25.2 Å². The number of hydrogen-bond donors (Lipinski definition) is 0. The average molecular weight is 355 g/mol. The fourth-order valence-electron chi connectivity index (χ4n) is 2.14. The van der Waals surface area contributed by atoms with E-state index in [0.29, 0.717) is 10.6 Å². The fraction of sp³-hybridized carbons (Fsp3) is 0.200. The van der Waals surface area contributed by atoms with Gasteiger partial charge in [-0.05, 0) is 24.6 Å². The van der Waals surface area contributed by atoms with Crippen LogP contribution in [0.4, 0.5) is 5.69 Å². The van der Waals surface area contributed by atoms with Gasteiger partial charge < -0.3 is 0 Å². The number of nitro benzene ring substituents is 1. The van der Waals surface area contributed by atoms with Crippen LogP contribution in [0.1, 0.15) is 18.5 Å². The molecule has 1 atom stereocenters. The molecular formula is C15H15ClN2O4S. The fourth-order valence-corrected chi connectivity index (χ4v) is 3.82. The lowest BCUT2D eigenvalue weighted by molar-refractivity contribution is -0.385. The highest BCUT2D eigenvalue weighted by atomic mass is 35.5. The highest BCUT2D eigenvalue weighted by Gasteiger charge is 2.28. The molecule has 0 aliphatic carbocycles. The first-order chi connectivity index (χ1) is 10.7. The van der Waals surface area contributed by atoms with Crippen molar-refractivity contribution < 1.29 is 13.3 Å². The zero-order valence-corrected chi connectivity index (χ0v) is 14.1. The Morgan fingerprint density at radius 3 is 2.43 bits per heavy atom. The highest BCUT2D eigenvalue weighted by Crippen LogP contribution is 2.30. The maximum atomic E-state index is 12.7. The molecule has 0 fully saturated rings. The highest BCUT2D eigenvalue weighted by molar-refractivity contribution is 7.89. The monoisotopic (exact) mass is 354 g/mol. The normalized spacial score (nSPS) is 13.0. The first-order valence-electron chi connectivity index (χ1n) is 6.72. The predicted molar refractivity (Wildman–Crippen MR) is 87.9 cm³/mol. The van der Waals surface area contributed by atoms with Gasteiger partial charge in [0.1, 0.15) is 0 Å². The summed E-state index contributed by atoms with van der Waals surface area (Å²) in [6.45, 7) is 1.70. The molecule has 0 aliphatic heterocycles. The molecular weight excluding hydrogens is 340 g/mol. The lowest BCUT2D eigenvalue weighted by atomic mass is 10.1. The van der Waals surface area contributed by atoms with Crippen LogP contribution in [0.2, 0.25) is 5.02 Å². The number of halogens is 1. The van der Waals surface area contributed by atoms with Gasteiger partial charge in [-0.25, -0.2) is 8.42 Å². The van der Waals surface area contributed by atoms with Crippen molar-refractivity contribution in [3.8, 4) is 0 Å². The van der Waals surface area contributed by atoms with E-state index in [1.54, 1.807) is 31.2 Å². The standard InChI is InChI=1S/C15H15ClN2O4S/c1-11(14-8-3-4-9-15(14)16)17(2)23(21,22)13-7-5-6-12(10-13)18(19)20/h3-11H,1-2H3. The third kappa shape index (κ3) is 3.52. The van der Waals surface area contributed by atoms with Crippen LogP contribution >= 0.6 is 11.6 Å². The van der Waals surface area contributed by atoms with Crippen molar-refractivity contribution in [3.05, 3.63) is 69.2 Å². The SMILES string of the molecule is CC(c1ccccc1Cl)N(C)S(=O)(=O)c1cccc([N+](=O)[O-])c1. The van der Waals surface area contributed by atoms with E-state index in [0.717, 1.165) is 10.4 Å². The molecule has 0 amide bonds. The Hall–Kier alpha value is -1.96. The first kappa shape index (κ1) is 17.4. The van der Waals surface area contributed by atoms with Crippen LogP contribution in [0.15, 0.2) is 53.4 Å². The number of benzene rings is 2. The van der Waals surface area contributed by atoms with E-state index in [1.807, 2.05) is 0 Å². The van der Waals surface area contributed by atoms with Gasteiger partial charge in [-0.15, -0.1) is 0 Å². The van der Waals surface area contributed by atoms with Crippen LogP contribution in [-0.2, 0) is 10.0 Å². The Labute approximate surface area is 139 Å². The summed E-state index contributed by atoms with van der Waals surface area (Å²) in [4.78, 5) is 10.1. The van der Waals surface area contributed by atoms with E-state index in [4.69, 9.17) is 11.6 Å². The summed E-state index contributed by atoms with van der Waals surface area (Å²) in [6.07, 6.45) is 0. The summed E-state index contributed by atoms with van der Waals surface area (Å²) in [5.41, 5.74) is 0.385. The minimum absolute atomic E-state index is 0.131. The van der Waals surface area contributed by atoms with Crippen molar-refractivity contribution in [2.45, 2.75) is 17.9 Å². The quantitative estimate of drug-likeness (QED) is 0.606. The third-order valence-corrected chi connectivity index (χ3v) is 5.87. The van der Waals surface area contributed by atoms with Crippen LogP contribution < -0.4 is 0 Å². The maximum absolute atomic E-state index is 12.7. The minimum atomic E-state index is -3.89.